The van der Waals surface area contributed by atoms with Gasteiger partial charge in [-0.2, -0.15) is 0 Å². The Morgan fingerprint density at radius 1 is 0.893 bits per heavy atom. The zero-order valence-corrected chi connectivity index (χ0v) is 16.1. The molecule has 0 saturated carbocycles. The van der Waals surface area contributed by atoms with E-state index in [-0.39, 0.29) is 17.6 Å². The molecule has 2 aromatic rings. The maximum Gasteiger partial charge on any atom is 0.289 e. The minimum absolute atomic E-state index is 0.136. The first-order valence-corrected chi connectivity index (χ1v) is 10.8. The Hall–Kier alpha value is -2.81. The van der Waals surface area contributed by atoms with E-state index in [1.165, 1.54) is 10.6 Å². The van der Waals surface area contributed by atoms with E-state index in [1.54, 1.807) is 46.2 Å². The number of nitrogens with zero attached hydrogens (tertiary/aromatic N) is 3. The molecular formula is C19H21N3O5S. The second-order valence-corrected chi connectivity index (χ2v) is 8.87. The maximum atomic E-state index is 12.9. The summed E-state index contributed by atoms with van der Waals surface area (Å²) in [6, 6.07) is 10.0. The highest BCUT2D eigenvalue weighted by molar-refractivity contribution is 7.93. The molecule has 0 bridgehead atoms. The Balaban J connectivity index is 1.43. The van der Waals surface area contributed by atoms with Gasteiger partial charge in [0.1, 0.15) is 0 Å². The summed E-state index contributed by atoms with van der Waals surface area (Å²) in [5.41, 5.74) is 0.973. The van der Waals surface area contributed by atoms with Gasteiger partial charge in [-0.1, -0.05) is 6.07 Å². The monoisotopic (exact) mass is 403 g/mol. The number of hydrogen-bond donors (Lipinski definition) is 0. The smallest absolute Gasteiger partial charge is 0.289 e. The summed E-state index contributed by atoms with van der Waals surface area (Å²) in [6.45, 7) is 2.11. The topological polar surface area (TPSA) is 91.1 Å². The van der Waals surface area contributed by atoms with Crippen LogP contribution in [0.15, 0.2) is 47.1 Å². The number of sulfonamides is 1. The summed E-state index contributed by atoms with van der Waals surface area (Å²) in [5.74, 6) is 0.0813. The van der Waals surface area contributed by atoms with Crippen LogP contribution in [0.2, 0.25) is 0 Å². The van der Waals surface area contributed by atoms with Gasteiger partial charge in [-0.05, 0) is 36.8 Å². The van der Waals surface area contributed by atoms with Crippen molar-refractivity contribution in [2.75, 3.05) is 42.8 Å². The number of amides is 2. The number of carbonyl (C=O) groups excluding carboxylic acids is 2. The molecule has 0 unspecified atom stereocenters. The zero-order valence-electron chi connectivity index (χ0n) is 15.3. The Morgan fingerprint density at radius 2 is 1.61 bits per heavy atom. The molecule has 0 atom stereocenters. The molecule has 0 radical (unpaired) electrons. The van der Waals surface area contributed by atoms with E-state index in [9.17, 15) is 18.0 Å². The Kier molecular flexibility index (Phi) is 4.84. The van der Waals surface area contributed by atoms with Crippen LogP contribution < -0.4 is 4.31 Å². The highest BCUT2D eigenvalue weighted by atomic mass is 32.2. The summed E-state index contributed by atoms with van der Waals surface area (Å²) in [7, 11) is -3.29. The lowest BCUT2D eigenvalue weighted by Gasteiger charge is -2.34. The molecule has 0 aliphatic carbocycles. The summed E-state index contributed by atoms with van der Waals surface area (Å²) in [5, 5.41) is 0. The molecular weight excluding hydrogens is 382 g/mol. The molecule has 9 heteroatoms. The third kappa shape index (κ3) is 3.49. The third-order valence-electron chi connectivity index (χ3n) is 5.07. The van der Waals surface area contributed by atoms with Crippen molar-refractivity contribution in [1.29, 1.82) is 0 Å². The molecule has 4 rings (SSSR count). The molecule has 0 spiro atoms. The fourth-order valence-electron chi connectivity index (χ4n) is 3.57. The summed E-state index contributed by atoms with van der Waals surface area (Å²) in [6.07, 6.45) is 2.05. The molecule has 2 amide bonds. The SMILES string of the molecule is O=C(c1cccc(N2CCCS2(=O)=O)c1)N1CCN(C(=O)c2ccco2)CC1. The largest absolute Gasteiger partial charge is 0.459 e. The van der Waals surface area contributed by atoms with Crippen molar-refractivity contribution in [3.8, 4) is 0 Å². The van der Waals surface area contributed by atoms with Crippen molar-refractivity contribution in [2.24, 2.45) is 0 Å². The molecule has 28 heavy (non-hydrogen) atoms. The number of carbonyl (C=O) groups is 2. The molecule has 2 saturated heterocycles. The molecule has 2 aliphatic rings. The van der Waals surface area contributed by atoms with E-state index < -0.39 is 10.0 Å². The van der Waals surface area contributed by atoms with Crippen molar-refractivity contribution in [1.82, 2.24) is 9.80 Å². The van der Waals surface area contributed by atoms with Crippen molar-refractivity contribution in [2.45, 2.75) is 6.42 Å². The van der Waals surface area contributed by atoms with Gasteiger partial charge >= 0.3 is 0 Å². The lowest BCUT2D eigenvalue weighted by Crippen LogP contribution is -2.50. The molecule has 2 fully saturated rings. The third-order valence-corrected chi connectivity index (χ3v) is 6.94. The first kappa shape index (κ1) is 18.5. The van der Waals surface area contributed by atoms with Crippen LogP contribution >= 0.6 is 0 Å². The van der Waals surface area contributed by atoms with E-state index in [4.69, 9.17) is 4.42 Å². The number of rotatable bonds is 3. The predicted molar refractivity (Wildman–Crippen MR) is 103 cm³/mol. The van der Waals surface area contributed by atoms with Crippen LogP contribution in [0.3, 0.4) is 0 Å². The van der Waals surface area contributed by atoms with Gasteiger partial charge in [-0.15, -0.1) is 0 Å². The van der Waals surface area contributed by atoms with E-state index in [1.807, 2.05) is 0 Å². The Labute approximate surface area is 163 Å². The van der Waals surface area contributed by atoms with E-state index >= 15 is 0 Å². The fourth-order valence-corrected chi connectivity index (χ4v) is 5.13. The van der Waals surface area contributed by atoms with Crippen LogP contribution in [0.1, 0.15) is 27.3 Å². The molecule has 1 aromatic carbocycles. The highest BCUT2D eigenvalue weighted by Crippen LogP contribution is 2.25. The van der Waals surface area contributed by atoms with Gasteiger partial charge in [-0.25, -0.2) is 8.42 Å². The average molecular weight is 403 g/mol. The lowest BCUT2D eigenvalue weighted by molar-refractivity contribution is 0.0518. The molecule has 3 heterocycles. The number of furan rings is 1. The molecule has 1 aromatic heterocycles. The Bertz CT molecular complexity index is 979. The lowest BCUT2D eigenvalue weighted by atomic mass is 10.1. The second kappa shape index (κ2) is 7.31. The van der Waals surface area contributed by atoms with E-state index in [0.717, 1.165) is 0 Å². The van der Waals surface area contributed by atoms with Gasteiger partial charge in [0.2, 0.25) is 10.0 Å². The molecule has 148 valence electrons. The summed E-state index contributed by atoms with van der Waals surface area (Å²) >= 11 is 0. The van der Waals surface area contributed by atoms with Crippen LogP contribution in [0.4, 0.5) is 5.69 Å². The first-order chi connectivity index (χ1) is 13.5. The summed E-state index contributed by atoms with van der Waals surface area (Å²) < 4.78 is 30.8. The van der Waals surface area contributed by atoms with Gasteiger partial charge in [0, 0.05) is 38.3 Å². The molecule has 8 nitrogen and oxygen atoms in total. The van der Waals surface area contributed by atoms with Gasteiger partial charge in [-0.3, -0.25) is 13.9 Å². The minimum Gasteiger partial charge on any atom is -0.459 e. The number of benzene rings is 1. The predicted octanol–water partition coefficient (Wildman–Crippen LogP) is 1.42. The van der Waals surface area contributed by atoms with Crippen LogP contribution in [0, 0.1) is 0 Å². The quantitative estimate of drug-likeness (QED) is 0.773. The van der Waals surface area contributed by atoms with Crippen molar-refractivity contribution >= 4 is 27.5 Å². The minimum atomic E-state index is -3.29. The van der Waals surface area contributed by atoms with Gasteiger partial charge in [0.05, 0.1) is 17.7 Å². The first-order valence-electron chi connectivity index (χ1n) is 9.18. The highest BCUT2D eigenvalue weighted by Gasteiger charge is 2.30. The van der Waals surface area contributed by atoms with Crippen molar-refractivity contribution < 1.29 is 22.4 Å². The van der Waals surface area contributed by atoms with E-state index in [0.29, 0.717) is 56.2 Å². The number of anilines is 1. The standard InChI is InChI=1S/C19H21N3O5S/c23-18(15-4-1-5-16(14-15)22-7-3-13-28(22,25)26)20-8-10-21(11-9-20)19(24)17-6-2-12-27-17/h1-2,4-6,12,14H,3,7-11,13H2. The van der Waals surface area contributed by atoms with Crippen LogP contribution in [0.5, 0.6) is 0 Å². The van der Waals surface area contributed by atoms with Gasteiger partial charge in [0.15, 0.2) is 5.76 Å². The van der Waals surface area contributed by atoms with Crippen molar-refractivity contribution in [3.63, 3.8) is 0 Å². The van der Waals surface area contributed by atoms with E-state index in [2.05, 4.69) is 0 Å². The van der Waals surface area contributed by atoms with Crippen molar-refractivity contribution in [3.05, 3.63) is 54.0 Å². The normalized spacial score (nSPS) is 19.1. The average Bonchev–Trinajstić information content (AvgIpc) is 3.36. The number of piperazine rings is 1. The molecule has 2 aliphatic heterocycles. The molecule has 0 N–H and O–H groups in total. The Morgan fingerprint density at radius 3 is 2.21 bits per heavy atom. The van der Waals surface area contributed by atoms with Crippen LogP contribution in [0.25, 0.3) is 0 Å². The van der Waals surface area contributed by atoms with Gasteiger partial charge in [0.25, 0.3) is 11.8 Å². The second-order valence-electron chi connectivity index (χ2n) is 6.85. The zero-order chi connectivity index (χ0) is 19.7. The number of hydrogen-bond acceptors (Lipinski definition) is 5. The van der Waals surface area contributed by atoms with Crippen LogP contribution in [-0.2, 0) is 10.0 Å². The van der Waals surface area contributed by atoms with Crippen LogP contribution in [-0.4, -0.2) is 68.5 Å². The van der Waals surface area contributed by atoms with Gasteiger partial charge < -0.3 is 14.2 Å². The maximum absolute atomic E-state index is 12.9. The summed E-state index contributed by atoms with van der Waals surface area (Å²) in [4.78, 5) is 28.5. The fraction of sp³-hybridized carbons (Fsp3) is 0.368.